The lowest BCUT2D eigenvalue weighted by Gasteiger charge is -2.20. The van der Waals surface area contributed by atoms with E-state index in [9.17, 15) is 14.9 Å². The highest BCUT2D eigenvalue weighted by Gasteiger charge is 2.31. The molecule has 0 N–H and O–H groups in total. The minimum absolute atomic E-state index is 0.0106. The second-order valence-electron chi connectivity index (χ2n) is 6.98. The number of aryl methyl sites for hydroxylation is 2. The summed E-state index contributed by atoms with van der Waals surface area (Å²) in [6.45, 7) is 3.59. The summed E-state index contributed by atoms with van der Waals surface area (Å²) in [6.07, 6.45) is 1.38. The Bertz CT molecular complexity index is 1260. The Morgan fingerprint density at radius 1 is 1.17 bits per heavy atom. The second-order valence-corrected chi connectivity index (χ2v) is 8.18. The number of hydrogen-bond acceptors (Lipinski definition) is 7. The van der Waals surface area contributed by atoms with Crippen molar-refractivity contribution in [1.82, 2.24) is 9.55 Å². The number of carbonyl (C=O) groups excluding carboxylic acids is 1. The van der Waals surface area contributed by atoms with Gasteiger partial charge in [-0.1, -0.05) is 12.1 Å². The van der Waals surface area contributed by atoms with Gasteiger partial charge in [-0.15, -0.1) is 11.3 Å². The number of thiophene rings is 1. The van der Waals surface area contributed by atoms with E-state index in [0.717, 1.165) is 21.8 Å². The lowest BCUT2D eigenvalue weighted by atomic mass is 10.1. The molecule has 3 aromatic rings. The smallest absolute Gasteiger partial charge is 0.262 e. The average molecular weight is 405 g/mol. The fourth-order valence-electron chi connectivity index (χ4n) is 3.67. The van der Waals surface area contributed by atoms with E-state index in [1.165, 1.54) is 22.2 Å². The van der Waals surface area contributed by atoms with E-state index in [-0.39, 0.29) is 17.7 Å². The van der Waals surface area contributed by atoms with Gasteiger partial charge in [-0.2, -0.15) is 5.26 Å². The Morgan fingerprint density at radius 2 is 1.79 bits per heavy atom. The van der Waals surface area contributed by atoms with Crippen LogP contribution in [0.5, 0.6) is 0 Å². The van der Waals surface area contributed by atoms with Gasteiger partial charge in [-0.05, 0) is 31.5 Å². The van der Waals surface area contributed by atoms with Crippen molar-refractivity contribution >= 4 is 38.7 Å². The van der Waals surface area contributed by atoms with Gasteiger partial charge < -0.3 is 9.80 Å². The zero-order valence-corrected chi connectivity index (χ0v) is 17.4. The first-order valence-electron chi connectivity index (χ1n) is 9.04. The third-order valence-corrected chi connectivity index (χ3v) is 6.44. The number of allylic oxidation sites excluding steroid dienone is 1. The molecule has 4 rings (SSSR count). The minimum atomic E-state index is -0.429. The number of nitriles is 1. The molecule has 0 saturated heterocycles. The van der Waals surface area contributed by atoms with Crippen LogP contribution in [-0.4, -0.2) is 29.4 Å². The minimum Gasteiger partial charge on any atom is -0.328 e. The van der Waals surface area contributed by atoms with Crippen LogP contribution >= 0.6 is 11.3 Å². The maximum atomic E-state index is 13.0. The van der Waals surface area contributed by atoms with Gasteiger partial charge in [-0.25, -0.2) is 4.98 Å². The van der Waals surface area contributed by atoms with E-state index >= 15 is 0 Å². The van der Waals surface area contributed by atoms with Crippen molar-refractivity contribution in [2.75, 3.05) is 23.9 Å². The normalized spacial score (nSPS) is 13.0. The number of Topliss-reactive ketones (excluding diaryl/α,β-unsaturated/α-hetero) is 1. The fourth-order valence-corrected chi connectivity index (χ4v) is 4.66. The van der Waals surface area contributed by atoms with Crippen molar-refractivity contribution in [3.63, 3.8) is 0 Å². The molecule has 3 heterocycles. The number of anilines is 2. The van der Waals surface area contributed by atoms with Crippen molar-refractivity contribution in [3.8, 4) is 6.07 Å². The maximum Gasteiger partial charge on any atom is 0.262 e. The molecule has 0 saturated carbocycles. The molecule has 0 atom stereocenters. The monoisotopic (exact) mass is 405 g/mol. The van der Waals surface area contributed by atoms with Gasteiger partial charge in [0.25, 0.3) is 5.56 Å². The molecular formula is C21H19N5O2S. The number of benzene rings is 1. The van der Waals surface area contributed by atoms with Crippen molar-refractivity contribution in [1.29, 1.82) is 5.26 Å². The van der Waals surface area contributed by atoms with Crippen LogP contribution in [0.15, 0.2) is 46.8 Å². The molecule has 1 aliphatic heterocycles. The van der Waals surface area contributed by atoms with Crippen LogP contribution < -0.4 is 15.4 Å². The molecule has 146 valence electrons. The Hall–Kier alpha value is -3.44. The molecule has 0 unspecified atom stereocenters. The standard InChI is InChI=1S/C21H19N5O2S/c1-12-13(2)29-19-18(12)21(28)26(11-23-19)10-17(27)14(9-22)20-24(3)15-7-5-6-8-16(15)25(20)4/h5-8,11H,10H2,1-4H3. The van der Waals surface area contributed by atoms with Gasteiger partial charge in [0.2, 0.25) is 0 Å². The summed E-state index contributed by atoms with van der Waals surface area (Å²) < 4.78 is 1.28. The molecule has 0 radical (unpaired) electrons. The van der Waals surface area contributed by atoms with Crippen LogP contribution in [-0.2, 0) is 11.3 Å². The molecule has 0 aliphatic carbocycles. The van der Waals surface area contributed by atoms with Gasteiger partial charge in [0, 0.05) is 19.0 Å². The summed E-state index contributed by atoms with van der Waals surface area (Å²) in [5, 5.41) is 10.3. The van der Waals surface area contributed by atoms with Gasteiger partial charge in [0.1, 0.15) is 22.3 Å². The molecule has 7 nitrogen and oxygen atoms in total. The topological polar surface area (TPSA) is 82.2 Å². The molecule has 0 bridgehead atoms. The molecule has 0 spiro atoms. The lowest BCUT2D eigenvalue weighted by molar-refractivity contribution is -0.115. The van der Waals surface area contributed by atoms with Crippen LogP contribution in [0.4, 0.5) is 11.4 Å². The zero-order chi connectivity index (χ0) is 20.9. The van der Waals surface area contributed by atoms with Crippen LogP contribution in [0, 0.1) is 25.2 Å². The Balaban J connectivity index is 1.75. The molecule has 8 heteroatoms. The number of rotatable bonds is 3. The van der Waals surface area contributed by atoms with E-state index < -0.39 is 5.78 Å². The molecule has 29 heavy (non-hydrogen) atoms. The van der Waals surface area contributed by atoms with Crippen molar-refractivity contribution in [2.24, 2.45) is 0 Å². The Labute approximate surface area is 171 Å². The van der Waals surface area contributed by atoms with Gasteiger partial charge >= 0.3 is 0 Å². The van der Waals surface area contributed by atoms with Gasteiger partial charge in [0.15, 0.2) is 5.78 Å². The highest BCUT2D eigenvalue weighted by atomic mass is 32.1. The number of aromatic nitrogens is 2. The van der Waals surface area contributed by atoms with E-state index in [4.69, 9.17) is 0 Å². The van der Waals surface area contributed by atoms with E-state index in [1.54, 1.807) is 0 Å². The summed E-state index contributed by atoms with van der Waals surface area (Å²) in [5.74, 6) is 0.0743. The highest BCUT2D eigenvalue weighted by molar-refractivity contribution is 7.18. The molecular weight excluding hydrogens is 386 g/mol. The summed E-state index contributed by atoms with van der Waals surface area (Å²) >= 11 is 1.46. The average Bonchev–Trinajstić information content (AvgIpc) is 3.14. The van der Waals surface area contributed by atoms with Gasteiger partial charge in [-0.3, -0.25) is 14.2 Å². The zero-order valence-electron chi connectivity index (χ0n) is 16.6. The van der Waals surface area contributed by atoms with Crippen molar-refractivity contribution in [3.05, 3.63) is 62.8 Å². The van der Waals surface area contributed by atoms with Crippen molar-refractivity contribution < 1.29 is 4.79 Å². The third kappa shape index (κ3) is 2.82. The van der Waals surface area contributed by atoms with Crippen molar-refractivity contribution in [2.45, 2.75) is 20.4 Å². The molecule has 0 amide bonds. The van der Waals surface area contributed by atoms with Gasteiger partial charge in [0.05, 0.1) is 29.6 Å². The Morgan fingerprint density at radius 3 is 2.38 bits per heavy atom. The quantitative estimate of drug-likeness (QED) is 0.492. The number of nitrogens with zero attached hydrogens (tertiary/aromatic N) is 5. The number of carbonyl (C=O) groups is 1. The van der Waals surface area contributed by atoms with E-state index in [2.05, 4.69) is 4.98 Å². The van der Waals surface area contributed by atoms with Crippen LogP contribution in [0.25, 0.3) is 10.2 Å². The first kappa shape index (κ1) is 18.9. The second kappa shape index (κ2) is 6.87. The lowest BCUT2D eigenvalue weighted by Crippen LogP contribution is -2.30. The molecule has 1 aliphatic rings. The number of ketones is 1. The first-order chi connectivity index (χ1) is 13.8. The van der Waals surface area contributed by atoms with Crippen LogP contribution in [0.2, 0.25) is 0 Å². The first-order valence-corrected chi connectivity index (χ1v) is 9.86. The Kier molecular flexibility index (Phi) is 4.47. The number of para-hydroxylation sites is 2. The highest BCUT2D eigenvalue weighted by Crippen LogP contribution is 2.40. The summed E-state index contributed by atoms with van der Waals surface area (Å²) in [6, 6.07) is 9.73. The van der Waals surface area contributed by atoms with Crippen LogP contribution in [0.3, 0.4) is 0 Å². The summed E-state index contributed by atoms with van der Waals surface area (Å²) in [5.41, 5.74) is 2.46. The largest absolute Gasteiger partial charge is 0.328 e. The maximum absolute atomic E-state index is 13.0. The fraction of sp³-hybridized carbons (Fsp3) is 0.238. The number of hydrogen-bond donors (Lipinski definition) is 0. The predicted molar refractivity (Wildman–Crippen MR) is 114 cm³/mol. The van der Waals surface area contributed by atoms with E-state index in [0.29, 0.717) is 16.0 Å². The predicted octanol–water partition coefficient (Wildman–Crippen LogP) is 2.97. The SMILES string of the molecule is Cc1sc2ncn(CC(=O)C(C#N)=C3N(C)c4ccccc4N3C)c(=O)c2c1C. The van der Waals surface area contributed by atoms with E-state index in [1.807, 2.05) is 68.1 Å². The third-order valence-electron chi connectivity index (χ3n) is 5.32. The molecule has 1 aromatic carbocycles. The summed E-state index contributed by atoms with van der Waals surface area (Å²) in [7, 11) is 3.64. The number of fused-ring (bicyclic) bond motifs is 2. The van der Waals surface area contributed by atoms with Crippen LogP contribution in [0.1, 0.15) is 10.4 Å². The summed E-state index contributed by atoms with van der Waals surface area (Å²) in [4.78, 5) is 35.6. The molecule has 0 fully saturated rings. The molecule has 2 aromatic heterocycles.